The van der Waals surface area contributed by atoms with Crippen molar-refractivity contribution in [3.8, 4) is 0 Å². The molecule has 0 aliphatic heterocycles. The van der Waals surface area contributed by atoms with E-state index in [0.29, 0.717) is 29.4 Å². The first-order valence-corrected chi connectivity index (χ1v) is 5.67. The molecule has 1 rings (SSSR count). The van der Waals surface area contributed by atoms with Gasteiger partial charge in [-0.05, 0) is 25.0 Å². The topological polar surface area (TPSA) is 29.1 Å². The minimum Gasteiger partial charge on any atom is -0.325 e. The fourth-order valence-corrected chi connectivity index (χ4v) is 1.49. The van der Waals surface area contributed by atoms with Crippen molar-refractivity contribution in [2.24, 2.45) is 0 Å². The predicted octanol–water partition coefficient (Wildman–Crippen LogP) is 3.61. The van der Waals surface area contributed by atoms with Crippen LogP contribution < -0.4 is 5.32 Å². The Balaban J connectivity index is 2.64. The monoisotopic (exact) mass is 245 g/mol. The van der Waals surface area contributed by atoms with Crippen molar-refractivity contribution >= 4 is 34.8 Å². The van der Waals surface area contributed by atoms with Gasteiger partial charge >= 0.3 is 0 Å². The molecule has 0 saturated carbocycles. The lowest BCUT2D eigenvalue weighted by atomic mass is 10.2. The average molecular weight is 246 g/mol. The van der Waals surface area contributed by atoms with E-state index in [1.165, 1.54) is 0 Å². The van der Waals surface area contributed by atoms with E-state index in [2.05, 4.69) is 5.32 Å². The van der Waals surface area contributed by atoms with E-state index in [1.54, 1.807) is 6.07 Å². The van der Waals surface area contributed by atoms with Crippen LogP contribution in [0.5, 0.6) is 0 Å². The molecule has 0 spiro atoms. The van der Waals surface area contributed by atoms with Gasteiger partial charge < -0.3 is 5.32 Å². The quantitative estimate of drug-likeness (QED) is 0.808. The van der Waals surface area contributed by atoms with Crippen molar-refractivity contribution in [1.29, 1.82) is 0 Å². The summed E-state index contributed by atoms with van der Waals surface area (Å²) >= 11 is 11.5. The Bertz CT molecular complexity index is 352. The van der Waals surface area contributed by atoms with E-state index in [9.17, 15) is 4.79 Å². The van der Waals surface area contributed by atoms with Crippen LogP contribution in [0.1, 0.15) is 18.4 Å². The summed E-state index contributed by atoms with van der Waals surface area (Å²) in [6, 6.07) is 5.54. The number of rotatable bonds is 4. The van der Waals surface area contributed by atoms with Crippen molar-refractivity contribution < 1.29 is 4.79 Å². The summed E-state index contributed by atoms with van der Waals surface area (Å²) in [7, 11) is 0. The zero-order chi connectivity index (χ0) is 11.3. The first kappa shape index (κ1) is 12.3. The third-order valence-electron chi connectivity index (χ3n) is 2.00. The zero-order valence-corrected chi connectivity index (χ0v) is 10.0. The smallest absolute Gasteiger partial charge is 0.224 e. The van der Waals surface area contributed by atoms with E-state index < -0.39 is 0 Å². The molecule has 1 aromatic carbocycles. The van der Waals surface area contributed by atoms with Gasteiger partial charge in [0.15, 0.2) is 0 Å². The van der Waals surface area contributed by atoms with Crippen molar-refractivity contribution in [3.63, 3.8) is 0 Å². The van der Waals surface area contributed by atoms with Crippen LogP contribution in [0.4, 0.5) is 5.69 Å². The summed E-state index contributed by atoms with van der Waals surface area (Å²) in [5, 5.41) is 3.35. The highest BCUT2D eigenvalue weighted by molar-refractivity contribution is 6.34. The lowest BCUT2D eigenvalue weighted by molar-refractivity contribution is -0.116. The molecule has 0 saturated heterocycles. The normalized spacial score (nSPS) is 10.1. The van der Waals surface area contributed by atoms with Crippen LogP contribution in [0.15, 0.2) is 18.2 Å². The van der Waals surface area contributed by atoms with Gasteiger partial charge in [0, 0.05) is 12.3 Å². The first-order valence-electron chi connectivity index (χ1n) is 4.76. The predicted molar refractivity (Wildman–Crippen MR) is 64.8 cm³/mol. The summed E-state index contributed by atoms with van der Waals surface area (Å²) in [5.74, 6) is 0.442. The highest BCUT2D eigenvalue weighted by Crippen LogP contribution is 2.25. The number of amides is 1. The molecule has 82 valence electrons. The Morgan fingerprint density at radius 1 is 1.47 bits per heavy atom. The Labute approximate surface area is 99.6 Å². The van der Waals surface area contributed by atoms with E-state index in [0.717, 1.165) is 5.56 Å². The number of halogens is 2. The van der Waals surface area contributed by atoms with Gasteiger partial charge in [-0.15, -0.1) is 11.6 Å². The van der Waals surface area contributed by atoms with Crippen molar-refractivity contribution in [2.45, 2.75) is 19.8 Å². The molecule has 0 radical (unpaired) electrons. The number of carbonyl (C=O) groups is 1. The highest BCUT2D eigenvalue weighted by Gasteiger charge is 2.06. The third kappa shape index (κ3) is 3.73. The highest BCUT2D eigenvalue weighted by atomic mass is 35.5. The number of nitrogens with one attached hydrogen (secondary N) is 1. The van der Waals surface area contributed by atoms with Gasteiger partial charge in [0.25, 0.3) is 0 Å². The van der Waals surface area contributed by atoms with Gasteiger partial charge in [-0.25, -0.2) is 0 Å². The lowest BCUT2D eigenvalue weighted by Gasteiger charge is -2.08. The van der Waals surface area contributed by atoms with Gasteiger partial charge in [0.2, 0.25) is 5.91 Å². The second-order valence-corrected chi connectivity index (χ2v) is 4.03. The summed E-state index contributed by atoms with van der Waals surface area (Å²) < 4.78 is 0. The van der Waals surface area contributed by atoms with Crippen molar-refractivity contribution in [1.82, 2.24) is 0 Å². The molecule has 1 aromatic rings. The minimum atomic E-state index is -0.0526. The second-order valence-electron chi connectivity index (χ2n) is 3.28. The van der Waals surface area contributed by atoms with Crippen LogP contribution in [-0.4, -0.2) is 11.8 Å². The molecule has 0 aromatic heterocycles. The maximum absolute atomic E-state index is 11.4. The standard InChI is InChI=1S/C11H13Cl2NO/c1-8-4-2-5-9(11(8)13)14-10(15)6-3-7-12/h2,4-5H,3,6-7H2,1H3,(H,14,15). The largest absolute Gasteiger partial charge is 0.325 e. The number of hydrogen-bond acceptors (Lipinski definition) is 1. The van der Waals surface area contributed by atoms with Crippen LogP contribution >= 0.6 is 23.2 Å². The van der Waals surface area contributed by atoms with Crippen LogP contribution in [0.25, 0.3) is 0 Å². The number of carbonyl (C=O) groups excluding carboxylic acids is 1. The van der Waals surface area contributed by atoms with Crippen molar-refractivity contribution in [2.75, 3.05) is 11.2 Å². The molecule has 0 aliphatic carbocycles. The number of aryl methyl sites for hydroxylation is 1. The summed E-state index contributed by atoms with van der Waals surface area (Å²) in [4.78, 5) is 11.4. The molecule has 0 atom stereocenters. The molecule has 2 nitrogen and oxygen atoms in total. The third-order valence-corrected chi connectivity index (χ3v) is 2.77. The molecule has 0 aliphatic rings. The minimum absolute atomic E-state index is 0.0526. The van der Waals surface area contributed by atoms with Crippen LogP contribution in [0, 0.1) is 6.92 Å². The van der Waals surface area contributed by atoms with Gasteiger partial charge in [0.1, 0.15) is 0 Å². The summed E-state index contributed by atoms with van der Waals surface area (Å²) in [5.41, 5.74) is 1.61. The second kappa shape index (κ2) is 5.99. The summed E-state index contributed by atoms with van der Waals surface area (Å²) in [6.45, 7) is 1.90. The molecule has 4 heteroatoms. The molecule has 0 unspecified atom stereocenters. The van der Waals surface area contributed by atoms with E-state index in [1.807, 2.05) is 19.1 Å². The number of alkyl halides is 1. The molecule has 0 heterocycles. The SMILES string of the molecule is Cc1cccc(NC(=O)CCCCl)c1Cl. The van der Waals surface area contributed by atoms with Gasteiger partial charge in [-0.1, -0.05) is 23.7 Å². The number of hydrogen-bond donors (Lipinski definition) is 1. The Morgan fingerprint density at radius 2 is 2.20 bits per heavy atom. The molecule has 0 fully saturated rings. The first-order chi connectivity index (χ1) is 7.15. The fourth-order valence-electron chi connectivity index (χ4n) is 1.18. The maximum atomic E-state index is 11.4. The maximum Gasteiger partial charge on any atom is 0.224 e. The molecule has 1 amide bonds. The molecule has 15 heavy (non-hydrogen) atoms. The van der Waals surface area contributed by atoms with Gasteiger partial charge in [0.05, 0.1) is 10.7 Å². The molecule has 0 bridgehead atoms. The van der Waals surface area contributed by atoms with Gasteiger partial charge in [-0.2, -0.15) is 0 Å². The van der Waals surface area contributed by atoms with E-state index in [4.69, 9.17) is 23.2 Å². The summed E-state index contributed by atoms with van der Waals surface area (Å²) in [6.07, 6.45) is 1.10. The average Bonchev–Trinajstić information content (AvgIpc) is 2.22. The Morgan fingerprint density at radius 3 is 2.87 bits per heavy atom. The molecule has 1 N–H and O–H groups in total. The Kier molecular flexibility index (Phi) is 4.92. The number of benzene rings is 1. The number of anilines is 1. The van der Waals surface area contributed by atoms with E-state index in [-0.39, 0.29) is 5.91 Å². The van der Waals surface area contributed by atoms with Crippen molar-refractivity contribution in [3.05, 3.63) is 28.8 Å². The van der Waals surface area contributed by atoms with Crippen LogP contribution in [0.3, 0.4) is 0 Å². The molecular weight excluding hydrogens is 233 g/mol. The Hall–Kier alpha value is -0.730. The van der Waals surface area contributed by atoms with Crippen LogP contribution in [-0.2, 0) is 4.79 Å². The van der Waals surface area contributed by atoms with E-state index >= 15 is 0 Å². The fraction of sp³-hybridized carbons (Fsp3) is 0.364. The lowest BCUT2D eigenvalue weighted by Crippen LogP contribution is -2.11. The molecular formula is C11H13Cl2NO. The van der Waals surface area contributed by atoms with Gasteiger partial charge in [-0.3, -0.25) is 4.79 Å². The zero-order valence-electron chi connectivity index (χ0n) is 8.52. The van der Waals surface area contributed by atoms with Crippen LogP contribution in [0.2, 0.25) is 5.02 Å².